The number of hydrogen-bond donors (Lipinski definition) is 1. The summed E-state index contributed by atoms with van der Waals surface area (Å²) >= 11 is 0. The zero-order valence-corrected chi connectivity index (χ0v) is 21.9. The van der Waals surface area contributed by atoms with Gasteiger partial charge < -0.3 is 14.6 Å². The number of ether oxygens (including phenoxy) is 1. The molecule has 1 saturated carbocycles. The Bertz CT molecular complexity index is 1410. The highest BCUT2D eigenvalue weighted by Crippen LogP contribution is 2.35. The number of benzene rings is 3. The van der Waals surface area contributed by atoms with Crippen LogP contribution in [0.5, 0.6) is 5.75 Å². The van der Waals surface area contributed by atoms with Crippen molar-refractivity contribution in [2.24, 2.45) is 0 Å². The number of nitrogens with zero attached hydrogens (tertiary/aromatic N) is 1. The predicted octanol–water partition coefficient (Wildman–Crippen LogP) is 7.76. The zero-order chi connectivity index (χ0) is 25.9. The summed E-state index contributed by atoms with van der Waals surface area (Å²) in [6.07, 6.45) is 4.88. The van der Waals surface area contributed by atoms with E-state index < -0.39 is 0 Å². The summed E-state index contributed by atoms with van der Waals surface area (Å²) in [5.74, 6) is 0.628. The van der Waals surface area contributed by atoms with Gasteiger partial charge in [0.25, 0.3) is 5.91 Å². The zero-order valence-electron chi connectivity index (χ0n) is 21.9. The van der Waals surface area contributed by atoms with Gasteiger partial charge in [-0.3, -0.25) is 4.79 Å². The van der Waals surface area contributed by atoms with Crippen LogP contribution < -0.4 is 10.1 Å². The molecular formula is C32H37FN2O2. The fraction of sp³-hybridized carbons (Fsp3) is 0.344. The molecule has 5 rings (SSSR count). The van der Waals surface area contributed by atoms with E-state index >= 15 is 0 Å². The third-order valence-electron chi connectivity index (χ3n) is 7.31. The Kier molecular flexibility index (Phi) is 7.31. The van der Waals surface area contributed by atoms with Gasteiger partial charge in [-0.25, -0.2) is 4.39 Å². The molecule has 3 aromatic carbocycles. The average molecular weight is 501 g/mol. The smallest absolute Gasteiger partial charge is 0.254 e. The van der Waals surface area contributed by atoms with E-state index in [0.29, 0.717) is 24.2 Å². The van der Waals surface area contributed by atoms with Gasteiger partial charge >= 0.3 is 0 Å². The molecule has 0 saturated heterocycles. The third-order valence-corrected chi connectivity index (χ3v) is 7.31. The Hall–Kier alpha value is -3.60. The maximum absolute atomic E-state index is 13.7. The maximum atomic E-state index is 13.7. The van der Waals surface area contributed by atoms with E-state index in [1.807, 2.05) is 30.3 Å². The second kappa shape index (κ2) is 10.8. The first-order valence-corrected chi connectivity index (χ1v) is 13.3. The Labute approximate surface area is 219 Å². The molecule has 1 heterocycles. The quantitative estimate of drug-likeness (QED) is 0.269. The summed E-state index contributed by atoms with van der Waals surface area (Å²) in [6, 6.07) is 21.4. The van der Waals surface area contributed by atoms with Crippen molar-refractivity contribution in [1.29, 1.82) is 0 Å². The van der Waals surface area contributed by atoms with Crippen LogP contribution in [0.25, 0.3) is 10.9 Å². The number of aryl methyl sites for hydroxylation is 1. The first-order valence-electron chi connectivity index (χ1n) is 13.3. The maximum Gasteiger partial charge on any atom is 0.254 e. The summed E-state index contributed by atoms with van der Waals surface area (Å²) in [7, 11) is 0. The minimum Gasteiger partial charge on any atom is -0.490 e. The molecule has 1 fully saturated rings. The summed E-state index contributed by atoms with van der Waals surface area (Å²) in [6.45, 7) is 7.01. The Morgan fingerprint density at radius 2 is 1.81 bits per heavy atom. The van der Waals surface area contributed by atoms with E-state index in [2.05, 4.69) is 41.9 Å². The monoisotopic (exact) mass is 500 g/mol. The summed E-state index contributed by atoms with van der Waals surface area (Å²) in [5.41, 5.74) is 5.34. The predicted molar refractivity (Wildman–Crippen MR) is 149 cm³/mol. The Morgan fingerprint density at radius 3 is 2.51 bits per heavy atom. The van der Waals surface area contributed by atoms with Gasteiger partial charge in [-0.2, -0.15) is 0 Å². The van der Waals surface area contributed by atoms with Crippen molar-refractivity contribution in [3.63, 3.8) is 0 Å². The van der Waals surface area contributed by atoms with Crippen LogP contribution in [0.3, 0.4) is 0 Å². The largest absolute Gasteiger partial charge is 0.490 e. The molecule has 5 heteroatoms. The summed E-state index contributed by atoms with van der Waals surface area (Å²) in [5, 5.41) is 4.02. The molecule has 0 atom stereocenters. The number of halogens is 1. The molecule has 1 amide bonds. The fourth-order valence-corrected chi connectivity index (χ4v) is 5.48. The van der Waals surface area contributed by atoms with Gasteiger partial charge in [0, 0.05) is 31.7 Å². The molecule has 0 bridgehead atoms. The lowest BCUT2D eigenvalue weighted by atomic mass is 10.0. The second-order valence-electron chi connectivity index (χ2n) is 10.5. The van der Waals surface area contributed by atoms with Crippen LogP contribution in [0.4, 0.5) is 4.39 Å². The molecule has 1 aromatic heterocycles. The topological polar surface area (TPSA) is 43.3 Å². The Balaban J connectivity index is 0.00000336. The van der Waals surface area contributed by atoms with Crippen molar-refractivity contribution >= 4 is 16.8 Å². The molecule has 1 N–H and O–H groups in total. The van der Waals surface area contributed by atoms with Gasteiger partial charge in [-0.05, 0) is 73.4 Å². The molecule has 194 valence electrons. The van der Waals surface area contributed by atoms with Gasteiger partial charge in [0.2, 0.25) is 0 Å². The lowest BCUT2D eigenvalue weighted by Gasteiger charge is -2.16. The molecule has 0 aliphatic heterocycles. The van der Waals surface area contributed by atoms with Crippen LogP contribution in [0.2, 0.25) is 0 Å². The highest BCUT2D eigenvalue weighted by molar-refractivity contribution is 6.09. The highest BCUT2D eigenvalue weighted by Gasteiger charge is 2.26. The number of hydrogen-bond acceptors (Lipinski definition) is 2. The van der Waals surface area contributed by atoms with Crippen LogP contribution >= 0.6 is 0 Å². The van der Waals surface area contributed by atoms with Crippen molar-refractivity contribution in [3.8, 4) is 5.75 Å². The first-order chi connectivity index (χ1) is 17.9. The fourth-order valence-electron chi connectivity index (χ4n) is 5.48. The third kappa shape index (κ3) is 5.41. The molecule has 4 nitrogen and oxygen atoms in total. The van der Waals surface area contributed by atoms with Gasteiger partial charge in [-0.1, -0.05) is 56.3 Å². The normalized spacial score (nSPS) is 14.0. The van der Waals surface area contributed by atoms with Gasteiger partial charge in [0.15, 0.2) is 0 Å². The van der Waals surface area contributed by atoms with E-state index in [1.54, 1.807) is 19.1 Å². The van der Waals surface area contributed by atoms with Crippen molar-refractivity contribution < 1.29 is 15.3 Å². The molecule has 0 unspecified atom stereocenters. The molecule has 1 aliphatic carbocycles. The number of amides is 1. The molecule has 1 aliphatic rings. The van der Waals surface area contributed by atoms with Gasteiger partial charge in [-0.15, -0.1) is 0 Å². The van der Waals surface area contributed by atoms with Crippen LogP contribution in [0.1, 0.15) is 79.6 Å². The SMILES string of the molecule is Cc1cc(CNC(=O)c2c(C(C)C)n(Cc3ccccc3)c3cc(OC4CCCC4)ccc23)ccc1F.[HH]. The number of carbonyl (C=O) groups excluding carboxylic acids is 1. The van der Waals surface area contributed by atoms with E-state index in [1.165, 1.54) is 24.5 Å². The van der Waals surface area contributed by atoms with Crippen LogP contribution in [0, 0.1) is 12.7 Å². The van der Waals surface area contributed by atoms with Crippen molar-refractivity contribution in [2.75, 3.05) is 0 Å². The van der Waals surface area contributed by atoms with E-state index in [4.69, 9.17) is 4.74 Å². The van der Waals surface area contributed by atoms with Crippen LogP contribution in [0.15, 0.2) is 66.7 Å². The summed E-state index contributed by atoms with van der Waals surface area (Å²) < 4.78 is 22.3. The summed E-state index contributed by atoms with van der Waals surface area (Å²) in [4.78, 5) is 13.7. The molecule has 4 aromatic rings. The van der Waals surface area contributed by atoms with Gasteiger partial charge in [0.1, 0.15) is 11.6 Å². The number of aromatic nitrogens is 1. The van der Waals surface area contributed by atoms with Gasteiger partial charge in [0.05, 0.1) is 17.2 Å². The van der Waals surface area contributed by atoms with Crippen LogP contribution in [-0.2, 0) is 13.1 Å². The Morgan fingerprint density at radius 1 is 1.05 bits per heavy atom. The molecule has 0 radical (unpaired) electrons. The van der Waals surface area contributed by atoms with Crippen molar-refractivity contribution in [1.82, 2.24) is 9.88 Å². The van der Waals surface area contributed by atoms with E-state index in [-0.39, 0.29) is 25.2 Å². The number of fused-ring (bicyclic) bond motifs is 1. The lowest BCUT2D eigenvalue weighted by Crippen LogP contribution is -2.24. The number of rotatable bonds is 8. The molecule has 0 spiro atoms. The van der Waals surface area contributed by atoms with Crippen LogP contribution in [-0.4, -0.2) is 16.6 Å². The van der Waals surface area contributed by atoms with Crippen molar-refractivity contribution in [3.05, 3.63) is 100 Å². The first kappa shape index (κ1) is 25.1. The minimum atomic E-state index is -0.239. The van der Waals surface area contributed by atoms with E-state index in [9.17, 15) is 9.18 Å². The number of carbonyl (C=O) groups is 1. The molecule has 37 heavy (non-hydrogen) atoms. The average Bonchev–Trinajstić information content (AvgIpc) is 3.51. The standard InChI is InChI=1S/C32H35FN2O2.H2/c1-21(2)31-30(32(36)34-19-24-13-16-28(33)22(3)17-24)27-15-14-26(37-25-11-7-8-12-25)18-29(27)35(31)20-23-9-5-4-6-10-23;/h4-6,9-10,13-18,21,25H,7-8,11-12,19-20H2,1-3H3,(H,34,36);1H. The number of nitrogens with one attached hydrogen (secondary N) is 1. The minimum absolute atomic E-state index is 0. The highest BCUT2D eigenvalue weighted by atomic mass is 19.1. The van der Waals surface area contributed by atoms with Crippen molar-refractivity contribution in [2.45, 2.75) is 71.6 Å². The lowest BCUT2D eigenvalue weighted by molar-refractivity contribution is 0.0951. The van der Waals surface area contributed by atoms with E-state index in [0.717, 1.165) is 40.8 Å². The molecular weight excluding hydrogens is 463 g/mol. The second-order valence-corrected chi connectivity index (χ2v) is 10.5.